The summed E-state index contributed by atoms with van der Waals surface area (Å²) in [6.45, 7) is 10.3. The average molecular weight is 486 g/mol. The van der Waals surface area contributed by atoms with Crippen molar-refractivity contribution >= 4 is 37.9 Å². The second-order valence-electron chi connectivity index (χ2n) is 9.83. The fourth-order valence-corrected chi connectivity index (χ4v) is 5.29. The first-order valence-corrected chi connectivity index (χ1v) is 12.9. The Balaban J connectivity index is 1.69. The van der Waals surface area contributed by atoms with Gasteiger partial charge in [-0.25, -0.2) is 13.4 Å². The molecule has 35 heavy (non-hydrogen) atoms. The fourth-order valence-electron chi connectivity index (χ4n) is 4.06. The molecule has 5 aromatic rings. The van der Waals surface area contributed by atoms with Crippen molar-refractivity contribution in [2.24, 2.45) is 0 Å². The maximum absolute atomic E-state index is 13.6. The van der Waals surface area contributed by atoms with E-state index in [2.05, 4.69) is 36.4 Å². The number of aromatic nitrogens is 4. The second-order valence-corrected chi connectivity index (χ2v) is 11.7. The van der Waals surface area contributed by atoms with Gasteiger partial charge in [-0.05, 0) is 66.3 Å². The van der Waals surface area contributed by atoms with Gasteiger partial charge >= 0.3 is 0 Å². The molecule has 2 heterocycles. The van der Waals surface area contributed by atoms with Gasteiger partial charge in [0, 0.05) is 11.1 Å². The van der Waals surface area contributed by atoms with Crippen molar-refractivity contribution in [1.82, 2.24) is 19.8 Å². The monoisotopic (exact) mass is 485 g/mol. The summed E-state index contributed by atoms with van der Waals surface area (Å²) < 4.78 is 28.7. The Bertz CT molecular complexity index is 1680. The lowest BCUT2D eigenvalue weighted by Gasteiger charge is -2.19. The second kappa shape index (κ2) is 8.16. The summed E-state index contributed by atoms with van der Waals surface area (Å²) >= 11 is 0. The van der Waals surface area contributed by atoms with Gasteiger partial charge in [0.25, 0.3) is 0 Å². The topological polar surface area (TPSA) is 89.2 Å². The molecule has 0 unspecified atom stereocenters. The van der Waals surface area contributed by atoms with E-state index in [1.54, 1.807) is 12.1 Å². The standard InChI is InChI=1S/C27H27N5O2S/c1-17-10-11-18(2)22(16-17)28-24-21-8-6-7-9-23(21)32-25(29-24)26(30-31-32)35(33,34)20-14-12-19(13-15-20)27(3,4)5/h6-16H,1-5H3,(H,28,29). The molecule has 0 aliphatic rings. The Hall–Kier alpha value is -3.78. The van der Waals surface area contributed by atoms with Gasteiger partial charge in [0.15, 0.2) is 5.65 Å². The molecule has 0 bridgehead atoms. The van der Waals surface area contributed by atoms with Gasteiger partial charge in [-0.2, -0.15) is 4.52 Å². The Morgan fingerprint density at radius 2 is 1.63 bits per heavy atom. The Labute approximate surface area is 204 Å². The molecule has 1 N–H and O–H groups in total. The van der Waals surface area contributed by atoms with E-state index in [1.165, 1.54) is 4.52 Å². The summed E-state index contributed by atoms with van der Waals surface area (Å²) in [5, 5.41) is 12.3. The fraction of sp³-hybridized carbons (Fsp3) is 0.222. The summed E-state index contributed by atoms with van der Waals surface area (Å²) in [5.41, 5.74) is 4.92. The zero-order chi connectivity index (χ0) is 25.0. The van der Waals surface area contributed by atoms with Crippen LogP contribution in [0.5, 0.6) is 0 Å². The van der Waals surface area contributed by atoms with E-state index in [-0.39, 0.29) is 21.0 Å². The molecule has 0 radical (unpaired) electrons. The lowest BCUT2D eigenvalue weighted by atomic mass is 9.87. The summed E-state index contributed by atoms with van der Waals surface area (Å²) in [6, 6.07) is 20.6. The average Bonchev–Trinajstić information content (AvgIpc) is 3.26. The maximum Gasteiger partial charge on any atom is 0.229 e. The van der Waals surface area contributed by atoms with Crippen molar-refractivity contribution in [3.8, 4) is 0 Å². The van der Waals surface area contributed by atoms with Crippen LogP contribution in [-0.2, 0) is 15.3 Å². The lowest BCUT2D eigenvalue weighted by molar-refractivity contribution is 0.585. The van der Waals surface area contributed by atoms with E-state index in [1.807, 2.05) is 68.4 Å². The number of fused-ring (bicyclic) bond motifs is 3. The summed E-state index contributed by atoms with van der Waals surface area (Å²) in [6.07, 6.45) is 0. The number of para-hydroxylation sites is 1. The summed E-state index contributed by atoms with van der Waals surface area (Å²) in [4.78, 5) is 4.88. The molecule has 0 amide bonds. The van der Waals surface area contributed by atoms with Crippen LogP contribution in [0.2, 0.25) is 0 Å². The zero-order valence-corrected chi connectivity index (χ0v) is 21.2. The largest absolute Gasteiger partial charge is 0.339 e. The van der Waals surface area contributed by atoms with E-state index >= 15 is 0 Å². The van der Waals surface area contributed by atoms with Gasteiger partial charge in [-0.1, -0.05) is 62.4 Å². The molecule has 5 rings (SSSR count). The minimum atomic E-state index is -3.94. The molecule has 0 aliphatic carbocycles. The molecule has 0 saturated carbocycles. The number of anilines is 2. The van der Waals surface area contributed by atoms with Crippen LogP contribution in [0.4, 0.5) is 11.5 Å². The van der Waals surface area contributed by atoms with Crippen LogP contribution in [0, 0.1) is 13.8 Å². The molecule has 8 heteroatoms. The van der Waals surface area contributed by atoms with E-state index in [9.17, 15) is 8.42 Å². The molecular weight excluding hydrogens is 458 g/mol. The molecule has 0 saturated heterocycles. The van der Waals surface area contributed by atoms with Gasteiger partial charge in [-0.3, -0.25) is 0 Å². The van der Waals surface area contributed by atoms with Crippen LogP contribution < -0.4 is 5.32 Å². The Morgan fingerprint density at radius 1 is 0.914 bits per heavy atom. The highest BCUT2D eigenvalue weighted by Gasteiger charge is 2.28. The molecule has 0 spiro atoms. The molecule has 178 valence electrons. The zero-order valence-electron chi connectivity index (χ0n) is 20.4. The molecular formula is C27H27N5O2S. The van der Waals surface area contributed by atoms with Crippen LogP contribution in [0.1, 0.15) is 37.5 Å². The number of nitrogens with zero attached hydrogens (tertiary/aromatic N) is 4. The van der Waals surface area contributed by atoms with Gasteiger partial charge in [-0.15, -0.1) is 5.10 Å². The highest BCUT2D eigenvalue weighted by molar-refractivity contribution is 7.91. The van der Waals surface area contributed by atoms with Crippen molar-refractivity contribution < 1.29 is 8.42 Å². The van der Waals surface area contributed by atoms with Crippen LogP contribution in [0.3, 0.4) is 0 Å². The number of benzene rings is 3. The third-order valence-corrected chi connectivity index (χ3v) is 7.82. The number of rotatable bonds is 4. The van der Waals surface area contributed by atoms with Crippen molar-refractivity contribution in [2.75, 3.05) is 5.32 Å². The number of nitrogens with one attached hydrogen (secondary N) is 1. The van der Waals surface area contributed by atoms with Crippen molar-refractivity contribution in [3.05, 3.63) is 83.4 Å². The lowest BCUT2D eigenvalue weighted by Crippen LogP contribution is -2.11. The van der Waals surface area contributed by atoms with E-state index < -0.39 is 9.84 Å². The third kappa shape index (κ3) is 4.04. The summed E-state index contributed by atoms with van der Waals surface area (Å²) in [5.74, 6) is 0.545. The van der Waals surface area contributed by atoms with Gasteiger partial charge in [0.2, 0.25) is 14.9 Å². The SMILES string of the molecule is Cc1ccc(C)c(Nc2nc3c(S(=O)(=O)c4ccc(C(C)(C)C)cc4)nnn3c3ccccc23)c1. The highest BCUT2D eigenvalue weighted by Crippen LogP contribution is 2.31. The van der Waals surface area contributed by atoms with Crippen LogP contribution in [-0.4, -0.2) is 28.2 Å². The van der Waals surface area contributed by atoms with Crippen LogP contribution >= 0.6 is 0 Å². The number of sulfone groups is 1. The van der Waals surface area contributed by atoms with Crippen LogP contribution in [0.25, 0.3) is 16.6 Å². The van der Waals surface area contributed by atoms with Crippen molar-refractivity contribution in [3.63, 3.8) is 0 Å². The minimum absolute atomic E-state index is 0.0834. The Morgan fingerprint density at radius 3 is 2.34 bits per heavy atom. The Kier molecular flexibility index (Phi) is 5.36. The van der Waals surface area contributed by atoms with Gasteiger partial charge in [0.05, 0.1) is 10.4 Å². The van der Waals surface area contributed by atoms with E-state index in [4.69, 9.17) is 4.98 Å². The number of hydrogen-bond acceptors (Lipinski definition) is 6. The third-order valence-electron chi connectivity index (χ3n) is 6.15. The van der Waals surface area contributed by atoms with E-state index in [0.717, 1.165) is 27.8 Å². The van der Waals surface area contributed by atoms with Crippen molar-refractivity contribution in [2.45, 2.75) is 50.0 Å². The predicted molar refractivity (Wildman–Crippen MR) is 138 cm³/mol. The molecule has 0 fully saturated rings. The number of aryl methyl sites for hydroxylation is 2. The first-order chi connectivity index (χ1) is 16.6. The first kappa shape index (κ1) is 23.0. The normalized spacial score (nSPS) is 12.4. The van der Waals surface area contributed by atoms with Crippen LogP contribution in [0.15, 0.2) is 76.7 Å². The van der Waals surface area contributed by atoms with Gasteiger partial charge < -0.3 is 5.32 Å². The number of hydrogen-bond donors (Lipinski definition) is 1. The quantitative estimate of drug-likeness (QED) is 0.348. The molecule has 0 aliphatic heterocycles. The van der Waals surface area contributed by atoms with Gasteiger partial charge in [0.1, 0.15) is 5.82 Å². The minimum Gasteiger partial charge on any atom is -0.339 e. The molecule has 3 aromatic carbocycles. The molecule has 0 atom stereocenters. The molecule has 7 nitrogen and oxygen atoms in total. The predicted octanol–water partition coefficient (Wildman–Crippen LogP) is 5.77. The van der Waals surface area contributed by atoms with Crippen molar-refractivity contribution in [1.29, 1.82) is 0 Å². The maximum atomic E-state index is 13.6. The highest BCUT2D eigenvalue weighted by atomic mass is 32.2. The first-order valence-electron chi connectivity index (χ1n) is 11.4. The smallest absolute Gasteiger partial charge is 0.229 e. The molecule has 2 aromatic heterocycles. The summed E-state index contributed by atoms with van der Waals surface area (Å²) in [7, 11) is -3.94. The van der Waals surface area contributed by atoms with E-state index in [0.29, 0.717) is 11.3 Å².